The van der Waals surface area contributed by atoms with E-state index in [9.17, 15) is 4.79 Å². The van der Waals surface area contributed by atoms with Crippen LogP contribution in [0.1, 0.15) is 37.6 Å². The maximum atomic E-state index is 10.6. The molecule has 100 valence electrons. The van der Waals surface area contributed by atoms with E-state index < -0.39 is 5.97 Å². The molecule has 19 heavy (non-hydrogen) atoms. The van der Waals surface area contributed by atoms with Gasteiger partial charge in [0.1, 0.15) is 5.82 Å². The van der Waals surface area contributed by atoms with Crippen LogP contribution in [0.2, 0.25) is 0 Å². The van der Waals surface area contributed by atoms with Crippen molar-refractivity contribution in [1.82, 2.24) is 9.55 Å². The van der Waals surface area contributed by atoms with Crippen molar-refractivity contribution >= 4 is 5.97 Å². The molecule has 0 amide bonds. The van der Waals surface area contributed by atoms with Crippen molar-refractivity contribution in [2.24, 2.45) is 0 Å². The van der Waals surface area contributed by atoms with Gasteiger partial charge in [0, 0.05) is 24.5 Å². The van der Waals surface area contributed by atoms with Gasteiger partial charge in [-0.3, -0.25) is 4.79 Å². The number of carboxylic acid groups (broad SMARTS) is 1. The molecule has 0 spiro atoms. The molecule has 0 saturated heterocycles. The van der Waals surface area contributed by atoms with Crippen LogP contribution in [0.25, 0.3) is 5.69 Å². The second-order valence-electron chi connectivity index (χ2n) is 4.85. The largest absolute Gasteiger partial charge is 0.481 e. The number of hydrogen-bond acceptors (Lipinski definition) is 2. The van der Waals surface area contributed by atoms with Gasteiger partial charge in [-0.25, -0.2) is 4.98 Å². The Morgan fingerprint density at radius 2 is 2.00 bits per heavy atom. The number of aliphatic carboxylic acids is 1. The second kappa shape index (κ2) is 5.69. The standard InChI is InChI=1S/C15H18N2O2/c1-11(2)12-3-5-13(6-4-12)17-10-9-16-14(17)7-8-15(18)19/h3-6,9-11H,7-8H2,1-2H3,(H,18,19). The van der Waals surface area contributed by atoms with Crippen molar-refractivity contribution in [3.8, 4) is 5.69 Å². The lowest BCUT2D eigenvalue weighted by molar-refractivity contribution is -0.137. The molecule has 0 fully saturated rings. The first kappa shape index (κ1) is 13.3. The predicted molar refractivity (Wildman–Crippen MR) is 73.6 cm³/mol. The highest BCUT2D eigenvalue weighted by Crippen LogP contribution is 2.18. The molecule has 0 aliphatic heterocycles. The third kappa shape index (κ3) is 3.22. The maximum Gasteiger partial charge on any atom is 0.303 e. The summed E-state index contributed by atoms with van der Waals surface area (Å²) in [5, 5.41) is 8.73. The summed E-state index contributed by atoms with van der Waals surface area (Å²) < 4.78 is 1.94. The predicted octanol–water partition coefficient (Wildman–Crippen LogP) is 3.01. The Bertz CT molecular complexity index is 556. The Balaban J connectivity index is 2.22. The van der Waals surface area contributed by atoms with Gasteiger partial charge in [0.25, 0.3) is 0 Å². The van der Waals surface area contributed by atoms with Crippen molar-refractivity contribution in [2.75, 3.05) is 0 Å². The summed E-state index contributed by atoms with van der Waals surface area (Å²) in [6.45, 7) is 4.31. The summed E-state index contributed by atoms with van der Waals surface area (Å²) in [5.41, 5.74) is 2.30. The SMILES string of the molecule is CC(C)c1ccc(-n2ccnc2CCC(=O)O)cc1. The first-order valence-electron chi connectivity index (χ1n) is 6.42. The number of nitrogens with zero attached hydrogens (tertiary/aromatic N) is 2. The highest BCUT2D eigenvalue weighted by molar-refractivity contribution is 5.66. The molecule has 0 unspecified atom stereocenters. The molecule has 2 rings (SSSR count). The van der Waals surface area contributed by atoms with E-state index in [1.165, 1.54) is 5.56 Å². The Kier molecular flexibility index (Phi) is 4.00. The minimum absolute atomic E-state index is 0.0983. The first-order chi connectivity index (χ1) is 9.08. The molecule has 0 aliphatic rings. The van der Waals surface area contributed by atoms with Gasteiger partial charge < -0.3 is 9.67 Å². The molecule has 0 aliphatic carbocycles. The normalized spacial score (nSPS) is 10.9. The van der Waals surface area contributed by atoms with E-state index in [-0.39, 0.29) is 6.42 Å². The quantitative estimate of drug-likeness (QED) is 0.896. The summed E-state index contributed by atoms with van der Waals surface area (Å²) in [4.78, 5) is 14.8. The lowest BCUT2D eigenvalue weighted by atomic mass is 10.0. The topological polar surface area (TPSA) is 55.1 Å². The molecule has 0 radical (unpaired) electrons. The van der Waals surface area contributed by atoms with Crippen LogP contribution in [0.5, 0.6) is 0 Å². The van der Waals surface area contributed by atoms with Crippen LogP contribution in [-0.2, 0) is 11.2 Å². The van der Waals surface area contributed by atoms with Crippen LogP contribution in [-0.4, -0.2) is 20.6 Å². The van der Waals surface area contributed by atoms with Gasteiger partial charge in [0.15, 0.2) is 0 Å². The molecule has 0 atom stereocenters. The number of aromatic nitrogens is 2. The van der Waals surface area contributed by atoms with E-state index in [2.05, 4.69) is 31.0 Å². The number of benzene rings is 1. The van der Waals surface area contributed by atoms with Crippen molar-refractivity contribution in [1.29, 1.82) is 0 Å². The minimum atomic E-state index is -0.801. The summed E-state index contributed by atoms with van der Waals surface area (Å²) in [6.07, 6.45) is 4.10. The molecular formula is C15H18N2O2. The summed E-state index contributed by atoms with van der Waals surface area (Å²) in [6, 6.07) is 8.28. The fourth-order valence-corrected chi connectivity index (χ4v) is 1.99. The molecule has 1 aromatic heterocycles. The van der Waals surface area contributed by atoms with E-state index in [1.54, 1.807) is 6.20 Å². The Labute approximate surface area is 112 Å². The van der Waals surface area contributed by atoms with Crippen LogP contribution in [0.4, 0.5) is 0 Å². The summed E-state index contributed by atoms with van der Waals surface area (Å²) >= 11 is 0. The molecule has 4 nitrogen and oxygen atoms in total. The number of aryl methyl sites for hydroxylation is 1. The molecule has 0 saturated carbocycles. The van der Waals surface area contributed by atoms with Crippen LogP contribution in [0.3, 0.4) is 0 Å². The van der Waals surface area contributed by atoms with Gasteiger partial charge in [-0.1, -0.05) is 26.0 Å². The van der Waals surface area contributed by atoms with Crippen molar-refractivity contribution < 1.29 is 9.90 Å². The van der Waals surface area contributed by atoms with Gasteiger partial charge in [0.05, 0.1) is 6.42 Å². The average molecular weight is 258 g/mol. The lowest BCUT2D eigenvalue weighted by Crippen LogP contribution is -2.04. The number of rotatable bonds is 5. The van der Waals surface area contributed by atoms with Crippen molar-refractivity contribution in [3.05, 3.63) is 48.0 Å². The van der Waals surface area contributed by atoms with Crippen LogP contribution < -0.4 is 0 Å². The van der Waals surface area contributed by atoms with Gasteiger partial charge in [0.2, 0.25) is 0 Å². The van der Waals surface area contributed by atoms with Crippen molar-refractivity contribution in [3.63, 3.8) is 0 Å². The number of carboxylic acids is 1. The summed E-state index contributed by atoms with van der Waals surface area (Å²) in [7, 11) is 0. The first-order valence-corrected chi connectivity index (χ1v) is 6.42. The van der Waals surface area contributed by atoms with Gasteiger partial charge >= 0.3 is 5.97 Å². The fraction of sp³-hybridized carbons (Fsp3) is 0.333. The molecule has 1 heterocycles. The molecule has 4 heteroatoms. The van der Waals surface area contributed by atoms with Crippen LogP contribution in [0.15, 0.2) is 36.7 Å². The van der Waals surface area contributed by atoms with Crippen molar-refractivity contribution in [2.45, 2.75) is 32.6 Å². The van der Waals surface area contributed by atoms with E-state index >= 15 is 0 Å². The van der Waals surface area contributed by atoms with E-state index in [4.69, 9.17) is 5.11 Å². The number of carbonyl (C=O) groups is 1. The second-order valence-corrected chi connectivity index (χ2v) is 4.85. The lowest BCUT2D eigenvalue weighted by Gasteiger charge is -2.10. The smallest absolute Gasteiger partial charge is 0.303 e. The number of hydrogen-bond donors (Lipinski definition) is 1. The third-order valence-electron chi connectivity index (χ3n) is 3.12. The zero-order valence-corrected chi connectivity index (χ0v) is 11.2. The zero-order chi connectivity index (χ0) is 13.8. The zero-order valence-electron chi connectivity index (χ0n) is 11.2. The monoisotopic (exact) mass is 258 g/mol. The molecule has 2 aromatic rings. The average Bonchev–Trinajstić information content (AvgIpc) is 2.84. The Morgan fingerprint density at radius 3 is 2.58 bits per heavy atom. The Morgan fingerprint density at radius 1 is 1.32 bits per heavy atom. The van der Waals surface area contributed by atoms with Crippen LogP contribution >= 0.6 is 0 Å². The fourth-order valence-electron chi connectivity index (χ4n) is 1.99. The minimum Gasteiger partial charge on any atom is -0.481 e. The Hall–Kier alpha value is -2.10. The van der Waals surface area contributed by atoms with Gasteiger partial charge in [-0.05, 0) is 23.6 Å². The van der Waals surface area contributed by atoms with E-state index in [1.807, 2.05) is 22.9 Å². The summed E-state index contributed by atoms with van der Waals surface area (Å²) in [5.74, 6) is 0.479. The molecule has 1 N–H and O–H groups in total. The highest BCUT2D eigenvalue weighted by atomic mass is 16.4. The van der Waals surface area contributed by atoms with E-state index in [0.29, 0.717) is 12.3 Å². The third-order valence-corrected chi connectivity index (χ3v) is 3.12. The van der Waals surface area contributed by atoms with Gasteiger partial charge in [-0.2, -0.15) is 0 Å². The molecule has 1 aromatic carbocycles. The highest BCUT2D eigenvalue weighted by Gasteiger charge is 2.07. The number of imidazole rings is 1. The molecule has 0 bridgehead atoms. The van der Waals surface area contributed by atoms with Gasteiger partial charge in [-0.15, -0.1) is 0 Å². The van der Waals surface area contributed by atoms with Crippen LogP contribution in [0, 0.1) is 0 Å². The van der Waals surface area contributed by atoms with E-state index in [0.717, 1.165) is 11.5 Å². The maximum absolute atomic E-state index is 10.6. The molecular weight excluding hydrogens is 240 g/mol.